The van der Waals surface area contributed by atoms with Gasteiger partial charge in [-0.15, -0.1) is 5.10 Å². The van der Waals surface area contributed by atoms with E-state index in [1.807, 2.05) is 0 Å². The Balaban J connectivity index is 2.81. The second kappa shape index (κ2) is 5.76. The molecule has 0 saturated heterocycles. The predicted molar refractivity (Wildman–Crippen MR) is 49.8 cm³/mol. The third kappa shape index (κ3) is 2.96. The summed E-state index contributed by atoms with van der Waals surface area (Å²) in [6.45, 7) is -0.197. The number of aromatic nitrogens is 3. The molecule has 3 N–H and O–H groups in total. The summed E-state index contributed by atoms with van der Waals surface area (Å²) in [6, 6.07) is 0. The van der Waals surface area contributed by atoms with Gasteiger partial charge in [-0.3, -0.25) is 0 Å². The number of rotatable bonds is 6. The number of nitrogens with zero attached hydrogens (tertiary/aromatic N) is 3. The van der Waals surface area contributed by atoms with Gasteiger partial charge in [0.25, 0.3) is 0 Å². The first-order valence-electron chi connectivity index (χ1n) is 4.52. The van der Waals surface area contributed by atoms with Crippen LogP contribution in [0.2, 0.25) is 0 Å². The minimum absolute atomic E-state index is 0.127. The molecule has 86 valence electrons. The monoisotopic (exact) mass is 217 g/mol. The van der Waals surface area contributed by atoms with Crippen LogP contribution in [0.1, 0.15) is 11.4 Å². The van der Waals surface area contributed by atoms with Crippen LogP contribution in [0.5, 0.6) is 0 Å². The molecule has 1 aromatic heterocycles. The number of aliphatic hydroxyl groups excluding tert-OH is 3. The first-order valence-corrected chi connectivity index (χ1v) is 4.52. The SMILES string of the molecule is COCc1c(CO)nnn1CC(O)CO. The van der Waals surface area contributed by atoms with Crippen molar-refractivity contribution in [2.75, 3.05) is 13.7 Å². The lowest BCUT2D eigenvalue weighted by Gasteiger charge is -2.09. The molecule has 7 heteroatoms. The highest BCUT2D eigenvalue weighted by Crippen LogP contribution is 2.07. The minimum Gasteiger partial charge on any atom is -0.394 e. The summed E-state index contributed by atoms with van der Waals surface area (Å²) < 4.78 is 6.34. The Morgan fingerprint density at radius 3 is 2.73 bits per heavy atom. The summed E-state index contributed by atoms with van der Waals surface area (Å²) in [5.41, 5.74) is 1.02. The van der Waals surface area contributed by atoms with Crippen molar-refractivity contribution < 1.29 is 20.1 Å². The lowest BCUT2D eigenvalue weighted by atomic mass is 10.3. The normalized spacial score (nSPS) is 13.1. The smallest absolute Gasteiger partial charge is 0.114 e. The summed E-state index contributed by atoms with van der Waals surface area (Å²) in [4.78, 5) is 0. The summed E-state index contributed by atoms with van der Waals surface area (Å²) >= 11 is 0. The van der Waals surface area contributed by atoms with Crippen LogP contribution >= 0.6 is 0 Å². The Morgan fingerprint density at radius 1 is 1.47 bits per heavy atom. The van der Waals surface area contributed by atoms with Gasteiger partial charge in [0.15, 0.2) is 0 Å². The second-order valence-corrected chi connectivity index (χ2v) is 3.09. The zero-order valence-corrected chi connectivity index (χ0v) is 8.50. The number of hydrogen-bond acceptors (Lipinski definition) is 6. The van der Waals surface area contributed by atoms with Gasteiger partial charge in [-0.05, 0) is 0 Å². The molecule has 1 unspecified atom stereocenters. The molecule has 0 spiro atoms. The maximum atomic E-state index is 9.24. The Morgan fingerprint density at radius 2 is 2.20 bits per heavy atom. The summed E-state index contributed by atoms with van der Waals surface area (Å²) in [7, 11) is 1.51. The maximum absolute atomic E-state index is 9.24. The lowest BCUT2D eigenvalue weighted by molar-refractivity contribution is 0.0747. The molecule has 1 heterocycles. The van der Waals surface area contributed by atoms with Crippen molar-refractivity contribution in [1.29, 1.82) is 0 Å². The molecule has 0 bridgehead atoms. The van der Waals surface area contributed by atoms with Gasteiger partial charge in [0.05, 0.1) is 38.2 Å². The van der Waals surface area contributed by atoms with Gasteiger partial charge >= 0.3 is 0 Å². The van der Waals surface area contributed by atoms with E-state index in [4.69, 9.17) is 14.9 Å². The highest BCUT2D eigenvalue weighted by atomic mass is 16.5. The number of aliphatic hydroxyl groups is 3. The third-order valence-electron chi connectivity index (χ3n) is 1.94. The standard InChI is InChI=1S/C8H15N3O4/c1-15-5-8-7(4-13)9-10-11(8)2-6(14)3-12/h6,12-14H,2-5H2,1H3. The van der Waals surface area contributed by atoms with Gasteiger partial charge < -0.3 is 20.1 Å². The van der Waals surface area contributed by atoms with Crippen molar-refractivity contribution in [2.24, 2.45) is 0 Å². The van der Waals surface area contributed by atoms with Crippen LogP contribution in [0.15, 0.2) is 0 Å². The summed E-state index contributed by atoms with van der Waals surface area (Å²) in [6.07, 6.45) is -0.895. The largest absolute Gasteiger partial charge is 0.394 e. The molecule has 1 aromatic rings. The molecule has 15 heavy (non-hydrogen) atoms. The van der Waals surface area contributed by atoms with Gasteiger partial charge in [0.2, 0.25) is 0 Å². The second-order valence-electron chi connectivity index (χ2n) is 3.09. The van der Waals surface area contributed by atoms with Crippen LogP contribution in [0, 0.1) is 0 Å². The van der Waals surface area contributed by atoms with Gasteiger partial charge in [0.1, 0.15) is 5.69 Å². The van der Waals surface area contributed by atoms with E-state index >= 15 is 0 Å². The molecular formula is C8H15N3O4. The molecule has 0 fully saturated rings. The molecule has 1 rings (SSSR count). The van der Waals surface area contributed by atoms with Crippen molar-refractivity contribution in [3.8, 4) is 0 Å². The van der Waals surface area contributed by atoms with E-state index in [0.717, 1.165) is 0 Å². The predicted octanol–water partition coefficient (Wildman–Crippen LogP) is -1.73. The van der Waals surface area contributed by atoms with Crippen molar-refractivity contribution in [2.45, 2.75) is 25.9 Å². The Bertz CT molecular complexity index is 302. The molecule has 0 aliphatic carbocycles. The van der Waals surface area contributed by atoms with Crippen molar-refractivity contribution in [3.63, 3.8) is 0 Å². The molecule has 0 amide bonds. The number of methoxy groups -OCH3 is 1. The van der Waals surface area contributed by atoms with Crippen molar-refractivity contribution in [1.82, 2.24) is 15.0 Å². The van der Waals surface area contributed by atoms with Crippen LogP contribution in [0.3, 0.4) is 0 Å². The molecule has 7 nitrogen and oxygen atoms in total. The number of ether oxygens (including phenoxy) is 1. The first-order chi connectivity index (χ1) is 7.22. The van der Waals surface area contributed by atoms with E-state index in [0.29, 0.717) is 11.4 Å². The average Bonchev–Trinajstić information content (AvgIpc) is 2.61. The summed E-state index contributed by atoms with van der Waals surface area (Å²) in [5.74, 6) is 0. The van der Waals surface area contributed by atoms with Gasteiger partial charge in [0, 0.05) is 7.11 Å². The Labute approximate surface area is 86.9 Å². The fourth-order valence-electron chi connectivity index (χ4n) is 1.19. The summed E-state index contributed by atoms with van der Waals surface area (Å²) in [5, 5.41) is 34.4. The first kappa shape index (κ1) is 12.1. The van der Waals surface area contributed by atoms with Crippen LogP contribution < -0.4 is 0 Å². The molecule has 0 saturated carbocycles. The fraction of sp³-hybridized carbons (Fsp3) is 0.750. The zero-order chi connectivity index (χ0) is 11.3. The van der Waals surface area contributed by atoms with E-state index in [1.165, 1.54) is 11.8 Å². The van der Waals surface area contributed by atoms with Crippen LogP contribution in [0.25, 0.3) is 0 Å². The van der Waals surface area contributed by atoms with E-state index in [2.05, 4.69) is 10.3 Å². The molecule has 0 aromatic carbocycles. The molecular weight excluding hydrogens is 202 g/mol. The molecule has 1 atom stereocenters. The van der Waals surface area contributed by atoms with E-state index in [1.54, 1.807) is 0 Å². The number of hydrogen-bond donors (Lipinski definition) is 3. The van der Waals surface area contributed by atoms with E-state index < -0.39 is 6.10 Å². The zero-order valence-electron chi connectivity index (χ0n) is 8.50. The van der Waals surface area contributed by atoms with Crippen LogP contribution in [-0.4, -0.2) is 50.1 Å². The van der Waals surface area contributed by atoms with E-state index in [9.17, 15) is 5.11 Å². The van der Waals surface area contributed by atoms with Crippen LogP contribution in [0.4, 0.5) is 0 Å². The van der Waals surface area contributed by atoms with Crippen LogP contribution in [-0.2, 0) is 24.5 Å². The van der Waals surface area contributed by atoms with Gasteiger partial charge in [-0.25, -0.2) is 4.68 Å². The Kier molecular flexibility index (Phi) is 4.63. The molecule has 0 aliphatic heterocycles. The van der Waals surface area contributed by atoms with Crippen molar-refractivity contribution >= 4 is 0 Å². The van der Waals surface area contributed by atoms with Gasteiger partial charge in [-0.1, -0.05) is 5.21 Å². The molecule has 0 aliphatic rings. The van der Waals surface area contributed by atoms with Crippen molar-refractivity contribution in [3.05, 3.63) is 11.4 Å². The highest BCUT2D eigenvalue weighted by Gasteiger charge is 2.14. The quantitative estimate of drug-likeness (QED) is 0.523. The third-order valence-corrected chi connectivity index (χ3v) is 1.94. The lowest BCUT2D eigenvalue weighted by Crippen LogP contribution is -2.22. The van der Waals surface area contributed by atoms with Gasteiger partial charge in [-0.2, -0.15) is 0 Å². The fourth-order valence-corrected chi connectivity index (χ4v) is 1.19. The maximum Gasteiger partial charge on any atom is 0.114 e. The minimum atomic E-state index is -0.895. The topological polar surface area (TPSA) is 101 Å². The molecule has 0 radical (unpaired) electrons. The average molecular weight is 217 g/mol. The van der Waals surface area contributed by atoms with E-state index in [-0.39, 0.29) is 26.4 Å². The Hall–Kier alpha value is -1.02. The highest BCUT2D eigenvalue weighted by molar-refractivity contribution is 5.07.